The predicted molar refractivity (Wildman–Crippen MR) is 44.3 cm³/mol. The van der Waals surface area contributed by atoms with Gasteiger partial charge in [0, 0.05) is 17.6 Å². The number of hydrogen-bond acceptors (Lipinski definition) is 3. The standard InChI is InChI=1S/C9H11NO2.Na/c1-6(9(11)12)7-3-2-4-8(10)5-7;/h2-6H,10H2,1H3,(H,11,12);/q;+1/p-1/t6-;/m1./s1. The summed E-state index contributed by atoms with van der Waals surface area (Å²) in [5.41, 5.74) is 6.73. The zero-order valence-corrected chi connectivity index (χ0v) is 9.78. The number of benzene rings is 1. The van der Waals surface area contributed by atoms with Gasteiger partial charge >= 0.3 is 29.6 Å². The summed E-state index contributed by atoms with van der Waals surface area (Å²) < 4.78 is 0. The molecule has 64 valence electrons. The van der Waals surface area contributed by atoms with Crippen LogP contribution in [-0.4, -0.2) is 5.97 Å². The third-order valence-corrected chi connectivity index (χ3v) is 1.76. The molecule has 1 atom stereocenters. The molecule has 1 aromatic rings. The Morgan fingerprint density at radius 1 is 1.54 bits per heavy atom. The fraction of sp³-hybridized carbons (Fsp3) is 0.222. The molecule has 0 fully saturated rings. The first kappa shape index (κ1) is 12.5. The number of carboxylic acids is 1. The average Bonchev–Trinajstić information content (AvgIpc) is 2.03. The smallest absolute Gasteiger partial charge is 0.550 e. The maximum Gasteiger partial charge on any atom is 1.00 e. The van der Waals surface area contributed by atoms with Gasteiger partial charge in [-0.15, -0.1) is 0 Å². The zero-order chi connectivity index (χ0) is 9.14. The average molecular weight is 187 g/mol. The molecule has 0 aliphatic carbocycles. The summed E-state index contributed by atoms with van der Waals surface area (Å²) in [6.45, 7) is 1.57. The first-order valence-corrected chi connectivity index (χ1v) is 3.67. The third-order valence-electron chi connectivity index (χ3n) is 1.76. The third kappa shape index (κ3) is 3.38. The van der Waals surface area contributed by atoms with Gasteiger partial charge in [0.1, 0.15) is 0 Å². The monoisotopic (exact) mass is 187 g/mol. The van der Waals surface area contributed by atoms with E-state index in [0.29, 0.717) is 11.3 Å². The van der Waals surface area contributed by atoms with Crippen molar-refractivity contribution < 1.29 is 39.5 Å². The van der Waals surface area contributed by atoms with Gasteiger partial charge in [0.2, 0.25) is 0 Å². The number of carbonyl (C=O) groups excluding carboxylic acids is 1. The molecular weight excluding hydrogens is 177 g/mol. The van der Waals surface area contributed by atoms with Crippen LogP contribution < -0.4 is 40.4 Å². The van der Waals surface area contributed by atoms with Crippen LogP contribution in [0.4, 0.5) is 5.69 Å². The van der Waals surface area contributed by atoms with E-state index in [1.54, 1.807) is 31.2 Å². The molecule has 0 aliphatic heterocycles. The summed E-state index contributed by atoms with van der Waals surface area (Å²) in [4.78, 5) is 10.5. The van der Waals surface area contributed by atoms with Crippen molar-refractivity contribution in [1.82, 2.24) is 0 Å². The van der Waals surface area contributed by atoms with Crippen molar-refractivity contribution in [3.8, 4) is 0 Å². The number of carboxylic acid groups (broad SMARTS) is 1. The van der Waals surface area contributed by atoms with Crippen LogP contribution in [0.15, 0.2) is 24.3 Å². The molecule has 1 aromatic carbocycles. The fourth-order valence-corrected chi connectivity index (χ4v) is 0.964. The molecule has 3 nitrogen and oxygen atoms in total. The van der Waals surface area contributed by atoms with Crippen LogP contribution in [0.5, 0.6) is 0 Å². The van der Waals surface area contributed by atoms with Crippen molar-refractivity contribution in [2.45, 2.75) is 12.8 Å². The van der Waals surface area contributed by atoms with Crippen LogP contribution in [0.3, 0.4) is 0 Å². The van der Waals surface area contributed by atoms with Gasteiger partial charge in [0.05, 0.1) is 0 Å². The summed E-state index contributed by atoms with van der Waals surface area (Å²) in [6, 6.07) is 6.80. The summed E-state index contributed by atoms with van der Waals surface area (Å²) in [6.07, 6.45) is 0. The number of carbonyl (C=O) groups is 1. The van der Waals surface area contributed by atoms with E-state index in [1.165, 1.54) is 0 Å². The minimum Gasteiger partial charge on any atom is -0.550 e. The minimum atomic E-state index is -1.08. The van der Waals surface area contributed by atoms with E-state index in [1.807, 2.05) is 0 Å². The second-order valence-corrected chi connectivity index (χ2v) is 2.71. The molecule has 0 bridgehead atoms. The van der Waals surface area contributed by atoms with Crippen molar-refractivity contribution in [2.24, 2.45) is 0 Å². The maximum absolute atomic E-state index is 10.5. The van der Waals surface area contributed by atoms with E-state index in [-0.39, 0.29) is 29.6 Å². The number of nitrogen functional groups attached to an aromatic ring is 1. The van der Waals surface area contributed by atoms with Gasteiger partial charge in [-0.25, -0.2) is 0 Å². The molecule has 0 aromatic heterocycles. The maximum atomic E-state index is 10.5. The Hall–Kier alpha value is -0.510. The normalized spacial score (nSPS) is 11.5. The Morgan fingerprint density at radius 2 is 2.15 bits per heavy atom. The van der Waals surface area contributed by atoms with Crippen LogP contribution >= 0.6 is 0 Å². The van der Waals surface area contributed by atoms with E-state index >= 15 is 0 Å². The summed E-state index contributed by atoms with van der Waals surface area (Å²) >= 11 is 0. The minimum absolute atomic E-state index is 0. The molecule has 0 unspecified atom stereocenters. The van der Waals surface area contributed by atoms with Crippen molar-refractivity contribution in [3.63, 3.8) is 0 Å². The van der Waals surface area contributed by atoms with Crippen LogP contribution in [0.1, 0.15) is 18.4 Å². The van der Waals surface area contributed by atoms with E-state index < -0.39 is 11.9 Å². The van der Waals surface area contributed by atoms with E-state index in [2.05, 4.69) is 0 Å². The molecule has 0 radical (unpaired) electrons. The van der Waals surface area contributed by atoms with Crippen LogP contribution in [-0.2, 0) is 4.79 Å². The van der Waals surface area contributed by atoms with E-state index in [4.69, 9.17) is 5.73 Å². The summed E-state index contributed by atoms with van der Waals surface area (Å²) in [7, 11) is 0. The first-order valence-electron chi connectivity index (χ1n) is 3.67. The SMILES string of the molecule is C[C@@H](C(=O)[O-])c1cccc(N)c1.[Na+]. The van der Waals surface area contributed by atoms with Crippen LogP contribution in [0.2, 0.25) is 0 Å². The molecule has 2 N–H and O–H groups in total. The van der Waals surface area contributed by atoms with Crippen molar-refractivity contribution in [1.29, 1.82) is 0 Å². The number of hydrogen-bond donors (Lipinski definition) is 1. The van der Waals surface area contributed by atoms with Gasteiger partial charge < -0.3 is 15.6 Å². The van der Waals surface area contributed by atoms with Crippen molar-refractivity contribution in [2.75, 3.05) is 5.73 Å². The zero-order valence-electron chi connectivity index (χ0n) is 7.78. The van der Waals surface area contributed by atoms with Gasteiger partial charge in [-0.3, -0.25) is 0 Å². The van der Waals surface area contributed by atoms with Gasteiger partial charge in [-0.05, 0) is 17.7 Å². The Bertz CT molecular complexity index is 301. The molecule has 0 heterocycles. The fourth-order valence-electron chi connectivity index (χ4n) is 0.964. The Balaban J connectivity index is 0.00000144. The molecule has 0 spiro atoms. The first-order chi connectivity index (χ1) is 5.61. The number of aliphatic carboxylic acids is 1. The predicted octanol–water partition coefficient (Wildman–Crippen LogP) is -2.87. The van der Waals surface area contributed by atoms with Crippen molar-refractivity contribution >= 4 is 11.7 Å². The molecule has 13 heavy (non-hydrogen) atoms. The Morgan fingerprint density at radius 3 is 2.62 bits per heavy atom. The Labute approximate surface area is 99.2 Å². The topological polar surface area (TPSA) is 66.1 Å². The second kappa shape index (κ2) is 5.27. The second-order valence-electron chi connectivity index (χ2n) is 2.71. The molecule has 1 rings (SSSR count). The molecular formula is C9H10NNaO2. The molecule has 0 amide bonds. The summed E-state index contributed by atoms with van der Waals surface area (Å²) in [5, 5.41) is 10.5. The molecule has 0 saturated heterocycles. The van der Waals surface area contributed by atoms with Gasteiger partial charge in [0.25, 0.3) is 0 Å². The van der Waals surface area contributed by atoms with E-state index in [9.17, 15) is 9.90 Å². The summed E-state index contributed by atoms with van der Waals surface area (Å²) in [5.74, 6) is -1.69. The largest absolute Gasteiger partial charge is 1.00 e. The van der Waals surface area contributed by atoms with E-state index in [0.717, 1.165) is 0 Å². The van der Waals surface area contributed by atoms with Crippen LogP contribution in [0, 0.1) is 0 Å². The number of anilines is 1. The molecule has 4 heteroatoms. The van der Waals surface area contributed by atoms with Crippen molar-refractivity contribution in [3.05, 3.63) is 29.8 Å². The van der Waals surface area contributed by atoms with Gasteiger partial charge in [-0.2, -0.15) is 0 Å². The molecule has 0 aliphatic rings. The number of rotatable bonds is 2. The van der Waals surface area contributed by atoms with Crippen LogP contribution in [0.25, 0.3) is 0 Å². The quantitative estimate of drug-likeness (QED) is 0.399. The molecule has 0 saturated carbocycles. The van der Waals surface area contributed by atoms with Gasteiger partial charge in [0.15, 0.2) is 0 Å². The number of nitrogens with two attached hydrogens (primary N) is 1. The Kier molecular flexibility index (Phi) is 5.06. The van der Waals surface area contributed by atoms with Gasteiger partial charge in [-0.1, -0.05) is 19.1 Å².